The summed E-state index contributed by atoms with van der Waals surface area (Å²) in [5.41, 5.74) is 1.46. The van der Waals surface area contributed by atoms with Crippen LogP contribution in [0.4, 0.5) is 5.69 Å². The maximum absolute atomic E-state index is 2.65. The molecule has 2 bridgehead atoms. The molecule has 1 aromatic carbocycles. The molecule has 1 heteroatoms. The van der Waals surface area contributed by atoms with Crippen LogP contribution in [-0.2, 0) is 0 Å². The van der Waals surface area contributed by atoms with E-state index in [2.05, 4.69) is 35.2 Å². The Morgan fingerprint density at radius 2 is 1.38 bits per heavy atom. The average molecular weight is 169 g/mol. The second kappa shape index (κ2) is 1.41. The Bertz CT molecular complexity index is 371. The van der Waals surface area contributed by atoms with Gasteiger partial charge in [0.25, 0.3) is 0 Å². The Labute approximate surface area is 77.4 Å². The Balaban J connectivity index is 1.56. The molecule has 64 valence electrons. The van der Waals surface area contributed by atoms with E-state index < -0.39 is 0 Å². The molecule has 1 saturated heterocycles. The third kappa shape index (κ3) is 0.442. The summed E-state index contributed by atoms with van der Waals surface area (Å²) < 4.78 is 0. The summed E-state index contributed by atoms with van der Waals surface area (Å²) in [5.74, 6) is 4.68. The van der Waals surface area contributed by atoms with E-state index in [1.54, 1.807) is 0 Å². The third-order valence-electron chi connectivity index (χ3n) is 4.69. The molecule has 6 rings (SSSR count). The van der Waals surface area contributed by atoms with Crippen molar-refractivity contribution in [3.05, 3.63) is 30.3 Å². The standard InChI is InChI=1S/C12H11N/c1-2-4-6(5-3-1)13-11-9-7-8(9)10(7)12(11)13/h1-5,7-12H/t7?,8?,9?,10?,11-,12+,13?. The van der Waals surface area contributed by atoms with Gasteiger partial charge in [0.15, 0.2) is 0 Å². The van der Waals surface area contributed by atoms with Crippen molar-refractivity contribution in [3.63, 3.8) is 0 Å². The predicted octanol–water partition coefficient (Wildman–Crippen LogP) is 1.75. The van der Waals surface area contributed by atoms with Crippen molar-refractivity contribution < 1.29 is 0 Å². The van der Waals surface area contributed by atoms with Crippen LogP contribution in [0.3, 0.4) is 0 Å². The minimum absolute atomic E-state index is 0.974. The SMILES string of the molecule is c1ccc(N2[C@@H]3C4C5C4C5[C@@H]32)cc1. The topological polar surface area (TPSA) is 3.01 Å². The molecule has 1 nitrogen and oxygen atoms in total. The molecule has 4 atom stereocenters. The normalized spacial score (nSPS) is 57.1. The second-order valence-electron chi connectivity index (χ2n) is 5.03. The predicted molar refractivity (Wildman–Crippen MR) is 50.5 cm³/mol. The lowest BCUT2D eigenvalue weighted by Gasteiger charge is -2.12. The average Bonchev–Trinajstić information content (AvgIpc) is 3.09. The number of hydrogen-bond acceptors (Lipinski definition) is 1. The quantitative estimate of drug-likeness (QED) is 0.579. The molecule has 0 aromatic heterocycles. The van der Waals surface area contributed by atoms with E-state index >= 15 is 0 Å². The lowest BCUT2D eigenvalue weighted by molar-refractivity contribution is 0.567. The molecule has 1 aromatic rings. The van der Waals surface area contributed by atoms with Gasteiger partial charge in [0.1, 0.15) is 0 Å². The van der Waals surface area contributed by atoms with Crippen LogP contribution in [0.25, 0.3) is 0 Å². The zero-order valence-electron chi connectivity index (χ0n) is 7.30. The fourth-order valence-corrected chi connectivity index (χ4v) is 4.09. The minimum Gasteiger partial charge on any atom is -0.361 e. The molecule has 4 saturated carbocycles. The van der Waals surface area contributed by atoms with Crippen molar-refractivity contribution in [2.45, 2.75) is 12.1 Å². The number of benzene rings is 1. The Hall–Kier alpha value is -0.980. The lowest BCUT2D eigenvalue weighted by atomic mass is 10.1. The van der Waals surface area contributed by atoms with Crippen LogP contribution in [-0.4, -0.2) is 12.1 Å². The maximum atomic E-state index is 2.65. The number of piperidine rings is 2. The fraction of sp³-hybridized carbons (Fsp3) is 0.500. The first-order chi connectivity index (χ1) is 6.48. The van der Waals surface area contributed by atoms with Crippen LogP contribution in [0.2, 0.25) is 0 Å². The van der Waals surface area contributed by atoms with Gasteiger partial charge in [0.05, 0.1) is 12.1 Å². The zero-order chi connectivity index (χ0) is 8.15. The van der Waals surface area contributed by atoms with Gasteiger partial charge in [0.2, 0.25) is 0 Å². The smallest absolute Gasteiger partial charge is 0.0534 e. The summed E-state index contributed by atoms with van der Waals surface area (Å²) in [7, 11) is 0. The summed E-state index contributed by atoms with van der Waals surface area (Å²) in [6.07, 6.45) is 0. The minimum atomic E-state index is 0.974. The molecule has 2 unspecified atom stereocenters. The first-order valence-electron chi connectivity index (χ1n) is 5.32. The first kappa shape index (κ1) is 5.69. The van der Waals surface area contributed by atoms with Gasteiger partial charge < -0.3 is 4.90 Å². The summed E-state index contributed by atoms with van der Waals surface area (Å²) in [6, 6.07) is 12.9. The summed E-state index contributed by atoms with van der Waals surface area (Å²) >= 11 is 0. The van der Waals surface area contributed by atoms with Crippen molar-refractivity contribution in [1.82, 2.24) is 0 Å². The maximum Gasteiger partial charge on any atom is 0.0534 e. The van der Waals surface area contributed by atoms with Crippen molar-refractivity contribution >= 4 is 5.69 Å². The van der Waals surface area contributed by atoms with Gasteiger partial charge in [-0.2, -0.15) is 0 Å². The molecule has 0 N–H and O–H groups in total. The van der Waals surface area contributed by atoms with E-state index in [4.69, 9.17) is 0 Å². The van der Waals surface area contributed by atoms with E-state index in [1.807, 2.05) is 0 Å². The highest BCUT2D eigenvalue weighted by Gasteiger charge is 2.92. The number of hydrogen-bond donors (Lipinski definition) is 0. The highest BCUT2D eigenvalue weighted by atomic mass is 15.4. The van der Waals surface area contributed by atoms with Gasteiger partial charge >= 0.3 is 0 Å². The lowest BCUT2D eigenvalue weighted by Crippen LogP contribution is -2.13. The van der Waals surface area contributed by atoms with Crippen LogP contribution in [0, 0.1) is 23.7 Å². The Morgan fingerprint density at radius 3 is 2.00 bits per heavy atom. The summed E-state index contributed by atoms with van der Waals surface area (Å²) in [4.78, 5) is 2.65. The van der Waals surface area contributed by atoms with E-state index in [-0.39, 0.29) is 0 Å². The van der Waals surface area contributed by atoms with E-state index in [1.165, 1.54) is 17.5 Å². The van der Waals surface area contributed by atoms with Crippen molar-refractivity contribution in [2.24, 2.45) is 23.7 Å². The van der Waals surface area contributed by atoms with Crippen LogP contribution in [0.15, 0.2) is 30.3 Å². The van der Waals surface area contributed by atoms with Crippen molar-refractivity contribution in [2.75, 3.05) is 4.90 Å². The summed E-state index contributed by atoms with van der Waals surface area (Å²) in [6.45, 7) is 0. The number of nitrogens with zero attached hydrogens (tertiary/aromatic N) is 1. The molecule has 1 heterocycles. The van der Waals surface area contributed by atoms with Crippen LogP contribution in [0.5, 0.6) is 0 Å². The Kier molecular flexibility index (Phi) is 0.617. The molecular weight excluding hydrogens is 158 g/mol. The zero-order valence-corrected chi connectivity index (χ0v) is 7.30. The van der Waals surface area contributed by atoms with Gasteiger partial charge in [-0.1, -0.05) is 18.2 Å². The molecule has 0 radical (unpaired) electrons. The molecule has 13 heavy (non-hydrogen) atoms. The molecule has 0 amide bonds. The highest BCUT2D eigenvalue weighted by molar-refractivity contribution is 5.65. The molecular formula is C12H11N. The molecule has 5 aliphatic rings. The van der Waals surface area contributed by atoms with Crippen molar-refractivity contribution in [1.29, 1.82) is 0 Å². The first-order valence-corrected chi connectivity index (χ1v) is 5.32. The molecule has 5 fully saturated rings. The number of para-hydroxylation sites is 1. The number of anilines is 1. The van der Waals surface area contributed by atoms with Crippen LogP contribution >= 0.6 is 0 Å². The third-order valence-corrected chi connectivity index (χ3v) is 4.69. The molecule has 4 aliphatic carbocycles. The Morgan fingerprint density at radius 1 is 0.769 bits per heavy atom. The highest BCUT2D eigenvalue weighted by Crippen LogP contribution is 2.88. The van der Waals surface area contributed by atoms with Gasteiger partial charge in [-0.15, -0.1) is 0 Å². The largest absolute Gasteiger partial charge is 0.361 e. The van der Waals surface area contributed by atoms with Crippen LogP contribution < -0.4 is 4.90 Å². The van der Waals surface area contributed by atoms with Crippen LogP contribution in [0.1, 0.15) is 0 Å². The van der Waals surface area contributed by atoms with Gasteiger partial charge in [-0.3, -0.25) is 0 Å². The number of rotatable bonds is 1. The second-order valence-corrected chi connectivity index (χ2v) is 5.03. The summed E-state index contributed by atoms with van der Waals surface area (Å²) in [5, 5.41) is 0. The monoisotopic (exact) mass is 169 g/mol. The van der Waals surface area contributed by atoms with E-state index in [9.17, 15) is 0 Å². The van der Waals surface area contributed by atoms with Gasteiger partial charge in [0, 0.05) is 5.69 Å². The fourth-order valence-electron chi connectivity index (χ4n) is 4.09. The van der Waals surface area contributed by atoms with E-state index in [0.717, 1.165) is 23.9 Å². The van der Waals surface area contributed by atoms with Crippen molar-refractivity contribution in [3.8, 4) is 0 Å². The van der Waals surface area contributed by atoms with Gasteiger partial charge in [-0.05, 0) is 35.8 Å². The van der Waals surface area contributed by atoms with E-state index in [0.29, 0.717) is 0 Å². The molecule has 0 spiro atoms. The molecule has 1 aliphatic heterocycles. The van der Waals surface area contributed by atoms with Gasteiger partial charge in [-0.25, -0.2) is 0 Å².